The van der Waals surface area contributed by atoms with E-state index in [1.807, 2.05) is 6.07 Å². The summed E-state index contributed by atoms with van der Waals surface area (Å²) in [7, 11) is 0. The number of benzene rings is 1. The van der Waals surface area contributed by atoms with Crippen molar-refractivity contribution in [3.8, 4) is 0 Å². The van der Waals surface area contributed by atoms with Gasteiger partial charge in [0.2, 0.25) is 0 Å². The fourth-order valence-electron chi connectivity index (χ4n) is 1.70. The molecule has 1 aromatic heterocycles. The van der Waals surface area contributed by atoms with Gasteiger partial charge in [-0.3, -0.25) is 0 Å². The minimum Gasteiger partial charge on any atom is -0.366 e. The maximum absolute atomic E-state index is 12.8. The van der Waals surface area contributed by atoms with Gasteiger partial charge >= 0.3 is 0 Å². The van der Waals surface area contributed by atoms with Crippen LogP contribution in [0.3, 0.4) is 0 Å². The first kappa shape index (κ1) is 14.2. The first-order valence-corrected chi connectivity index (χ1v) is 6.51. The molecule has 106 valence electrons. The summed E-state index contributed by atoms with van der Waals surface area (Å²) in [5.41, 5.74) is 0.943. The van der Waals surface area contributed by atoms with Crippen molar-refractivity contribution < 1.29 is 4.39 Å². The lowest BCUT2D eigenvalue weighted by atomic mass is 10.1. The molecule has 0 fully saturated rings. The number of hydrogen-bond donors (Lipinski definition) is 2. The van der Waals surface area contributed by atoms with Gasteiger partial charge in [-0.25, -0.2) is 14.4 Å². The summed E-state index contributed by atoms with van der Waals surface area (Å²) >= 11 is 0. The van der Waals surface area contributed by atoms with Crippen molar-refractivity contribution in [2.75, 3.05) is 10.6 Å². The molecule has 0 spiro atoms. The van der Waals surface area contributed by atoms with Gasteiger partial charge in [-0.1, -0.05) is 12.1 Å². The number of anilines is 2. The van der Waals surface area contributed by atoms with Crippen molar-refractivity contribution in [1.29, 1.82) is 0 Å². The van der Waals surface area contributed by atoms with Crippen LogP contribution in [0.15, 0.2) is 36.7 Å². The van der Waals surface area contributed by atoms with Crippen LogP contribution in [0, 0.1) is 5.82 Å². The molecule has 2 N–H and O–H groups in total. The molecule has 1 aromatic carbocycles. The van der Waals surface area contributed by atoms with Gasteiger partial charge in [-0.05, 0) is 38.5 Å². The Morgan fingerprint density at radius 2 is 1.70 bits per heavy atom. The Kier molecular flexibility index (Phi) is 4.17. The van der Waals surface area contributed by atoms with Gasteiger partial charge in [0, 0.05) is 18.2 Å². The fourth-order valence-corrected chi connectivity index (χ4v) is 1.70. The Morgan fingerprint density at radius 1 is 1.05 bits per heavy atom. The van der Waals surface area contributed by atoms with Gasteiger partial charge in [0.15, 0.2) is 0 Å². The molecule has 5 heteroatoms. The largest absolute Gasteiger partial charge is 0.366 e. The van der Waals surface area contributed by atoms with E-state index in [2.05, 4.69) is 41.4 Å². The second-order valence-electron chi connectivity index (χ2n) is 5.64. The summed E-state index contributed by atoms with van der Waals surface area (Å²) < 4.78 is 12.8. The molecular weight excluding hydrogens is 255 g/mol. The summed E-state index contributed by atoms with van der Waals surface area (Å²) in [6.45, 7) is 6.80. The van der Waals surface area contributed by atoms with Crippen LogP contribution in [-0.2, 0) is 6.54 Å². The second-order valence-corrected chi connectivity index (χ2v) is 5.64. The lowest BCUT2D eigenvalue weighted by molar-refractivity contribution is 0.627. The Hall–Kier alpha value is -2.17. The van der Waals surface area contributed by atoms with Crippen LogP contribution < -0.4 is 10.6 Å². The fraction of sp³-hybridized carbons (Fsp3) is 0.333. The SMILES string of the molecule is CC(C)(C)Nc1cc(NCc2ccc(F)cc2)ncn1. The van der Waals surface area contributed by atoms with E-state index in [1.165, 1.54) is 18.5 Å². The molecule has 20 heavy (non-hydrogen) atoms. The summed E-state index contributed by atoms with van der Waals surface area (Å²) in [5, 5.41) is 6.48. The van der Waals surface area contributed by atoms with E-state index < -0.39 is 0 Å². The third-order valence-corrected chi connectivity index (χ3v) is 2.56. The molecule has 2 aromatic rings. The summed E-state index contributed by atoms with van der Waals surface area (Å²) in [6.07, 6.45) is 1.51. The normalized spacial score (nSPS) is 11.2. The van der Waals surface area contributed by atoms with Crippen molar-refractivity contribution in [3.05, 3.63) is 48.0 Å². The number of nitrogens with one attached hydrogen (secondary N) is 2. The number of aromatic nitrogens is 2. The van der Waals surface area contributed by atoms with Crippen molar-refractivity contribution in [1.82, 2.24) is 9.97 Å². The van der Waals surface area contributed by atoms with Gasteiger partial charge in [0.05, 0.1) is 0 Å². The van der Waals surface area contributed by atoms with E-state index >= 15 is 0 Å². The average molecular weight is 274 g/mol. The minimum absolute atomic E-state index is 0.0530. The van der Waals surface area contributed by atoms with Gasteiger partial charge in [0.25, 0.3) is 0 Å². The molecule has 0 aliphatic heterocycles. The van der Waals surface area contributed by atoms with Crippen LogP contribution >= 0.6 is 0 Å². The van der Waals surface area contributed by atoms with Gasteiger partial charge in [-0.2, -0.15) is 0 Å². The minimum atomic E-state index is -0.229. The Morgan fingerprint density at radius 3 is 2.35 bits per heavy atom. The van der Waals surface area contributed by atoms with Crippen LogP contribution in [0.25, 0.3) is 0 Å². The van der Waals surface area contributed by atoms with Gasteiger partial charge < -0.3 is 10.6 Å². The maximum atomic E-state index is 12.8. The lowest BCUT2D eigenvalue weighted by Gasteiger charge is -2.21. The molecular formula is C15H19FN4. The monoisotopic (exact) mass is 274 g/mol. The molecule has 2 rings (SSSR count). The lowest BCUT2D eigenvalue weighted by Crippen LogP contribution is -2.26. The third-order valence-electron chi connectivity index (χ3n) is 2.56. The molecule has 0 saturated carbocycles. The van der Waals surface area contributed by atoms with Crippen molar-refractivity contribution in [2.45, 2.75) is 32.9 Å². The highest BCUT2D eigenvalue weighted by Crippen LogP contribution is 2.15. The van der Waals surface area contributed by atoms with Crippen molar-refractivity contribution >= 4 is 11.6 Å². The highest BCUT2D eigenvalue weighted by atomic mass is 19.1. The van der Waals surface area contributed by atoms with Crippen LogP contribution in [-0.4, -0.2) is 15.5 Å². The first-order chi connectivity index (χ1) is 9.42. The summed E-state index contributed by atoms with van der Waals surface area (Å²) in [4.78, 5) is 8.35. The van der Waals surface area contributed by atoms with Crippen LogP contribution in [0.5, 0.6) is 0 Å². The van der Waals surface area contributed by atoms with E-state index in [9.17, 15) is 4.39 Å². The molecule has 4 nitrogen and oxygen atoms in total. The first-order valence-electron chi connectivity index (χ1n) is 6.51. The molecule has 0 aliphatic carbocycles. The highest BCUT2D eigenvalue weighted by molar-refractivity contribution is 5.47. The topological polar surface area (TPSA) is 49.8 Å². The number of hydrogen-bond acceptors (Lipinski definition) is 4. The molecule has 0 radical (unpaired) electrons. The van der Waals surface area contributed by atoms with Gasteiger partial charge in [-0.15, -0.1) is 0 Å². The van der Waals surface area contributed by atoms with E-state index in [0.717, 1.165) is 17.2 Å². The smallest absolute Gasteiger partial charge is 0.131 e. The average Bonchev–Trinajstić information content (AvgIpc) is 2.36. The van der Waals surface area contributed by atoms with E-state index in [1.54, 1.807) is 12.1 Å². The Balaban J connectivity index is 1.99. The predicted molar refractivity (Wildman–Crippen MR) is 79.1 cm³/mol. The van der Waals surface area contributed by atoms with Crippen LogP contribution in [0.2, 0.25) is 0 Å². The van der Waals surface area contributed by atoms with E-state index in [0.29, 0.717) is 6.54 Å². The zero-order chi connectivity index (χ0) is 14.6. The third kappa shape index (κ3) is 4.50. The number of halogens is 1. The van der Waals surface area contributed by atoms with E-state index in [4.69, 9.17) is 0 Å². The molecule has 0 amide bonds. The van der Waals surface area contributed by atoms with Crippen molar-refractivity contribution in [2.24, 2.45) is 0 Å². The maximum Gasteiger partial charge on any atom is 0.131 e. The molecule has 0 unspecified atom stereocenters. The standard InChI is InChI=1S/C15H19FN4/c1-15(2,3)20-14-8-13(18-10-19-14)17-9-11-4-6-12(16)7-5-11/h4-8,10H,9H2,1-3H3,(H2,17,18,19,20). The Labute approximate surface area is 118 Å². The second kappa shape index (κ2) is 5.86. The quantitative estimate of drug-likeness (QED) is 0.896. The zero-order valence-corrected chi connectivity index (χ0v) is 11.9. The molecule has 0 aliphatic rings. The number of rotatable bonds is 4. The van der Waals surface area contributed by atoms with Crippen LogP contribution in [0.1, 0.15) is 26.3 Å². The Bertz CT molecular complexity index is 561. The van der Waals surface area contributed by atoms with Crippen LogP contribution in [0.4, 0.5) is 16.0 Å². The summed E-state index contributed by atoms with van der Waals surface area (Å²) in [6, 6.07) is 8.25. The molecule has 0 bridgehead atoms. The van der Waals surface area contributed by atoms with Gasteiger partial charge in [0.1, 0.15) is 23.8 Å². The molecule has 0 saturated heterocycles. The van der Waals surface area contributed by atoms with Crippen molar-refractivity contribution in [3.63, 3.8) is 0 Å². The highest BCUT2D eigenvalue weighted by Gasteiger charge is 2.10. The molecule has 1 heterocycles. The summed E-state index contributed by atoms with van der Waals surface area (Å²) in [5.74, 6) is 1.28. The zero-order valence-electron chi connectivity index (χ0n) is 11.9. The predicted octanol–water partition coefficient (Wildman–Crippen LogP) is 3.44. The number of nitrogens with zero attached hydrogens (tertiary/aromatic N) is 2. The van der Waals surface area contributed by atoms with E-state index in [-0.39, 0.29) is 11.4 Å². The molecule has 0 atom stereocenters.